The van der Waals surface area contributed by atoms with Crippen LogP contribution in [-0.2, 0) is 9.53 Å². The van der Waals surface area contributed by atoms with Gasteiger partial charge in [-0.25, -0.2) is 4.79 Å². The number of methoxy groups -OCH3 is 1. The predicted molar refractivity (Wildman–Crippen MR) is 88.7 cm³/mol. The average molecular weight is 315 g/mol. The molecule has 2 rings (SSSR count). The molecule has 0 aliphatic carbocycles. The SMILES string of the molecule is COC(=O)C(NC(=O)c1ccc(-c2ccc(N)cc2)[nH]1)C(C)C. The second kappa shape index (κ2) is 7.00. The number of aromatic nitrogens is 1. The first kappa shape index (κ1) is 16.6. The van der Waals surface area contributed by atoms with E-state index >= 15 is 0 Å². The molecule has 122 valence electrons. The number of nitrogen functional groups attached to an aromatic ring is 1. The standard InChI is InChI=1S/C17H21N3O3/c1-10(2)15(17(22)23-3)20-16(21)14-9-8-13(19-14)11-4-6-12(18)7-5-11/h4-10,15,19H,18H2,1-3H3,(H,20,21). The van der Waals surface area contributed by atoms with Crippen molar-refractivity contribution in [2.45, 2.75) is 19.9 Å². The van der Waals surface area contributed by atoms with E-state index in [1.165, 1.54) is 7.11 Å². The lowest BCUT2D eigenvalue weighted by Crippen LogP contribution is -2.45. The van der Waals surface area contributed by atoms with Gasteiger partial charge in [-0.05, 0) is 35.7 Å². The number of anilines is 1. The fraction of sp³-hybridized carbons (Fsp3) is 0.294. The molecule has 0 spiro atoms. The Morgan fingerprint density at radius 1 is 1.13 bits per heavy atom. The maximum Gasteiger partial charge on any atom is 0.328 e. The lowest BCUT2D eigenvalue weighted by Gasteiger charge is -2.19. The maximum atomic E-state index is 12.3. The Labute approximate surface area is 135 Å². The Kier molecular flexibility index (Phi) is 5.05. The van der Waals surface area contributed by atoms with E-state index in [1.807, 2.05) is 32.0 Å². The first-order chi connectivity index (χ1) is 10.9. The zero-order valence-electron chi connectivity index (χ0n) is 13.4. The number of aromatic amines is 1. The van der Waals surface area contributed by atoms with Gasteiger partial charge in [-0.2, -0.15) is 0 Å². The van der Waals surface area contributed by atoms with Crippen molar-refractivity contribution in [3.8, 4) is 11.3 Å². The highest BCUT2D eigenvalue weighted by Crippen LogP contribution is 2.20. The summed E-state index contributed by atoms with van der Waals surface area (Å²) >= 11 is 0. The number of amides is 1. The van der Waals surface area contributed by atoms with Crippen LogP contribution in [0.4, 0.5) is 5.69 Å². The zero-order valence-corrected chi connectivity index (χ0v) is 13.4. The molecule has 6 heteroatoms. The van der Waals surface area contributed by atoms with Crippen LogP contribution in [0.1, 0.15) is 24.3 Å². The molecular weight excluding hydrogens is 294 g/mol. The van der Waals surface area contributed by atoms with Gasteiger partial charge >= 0.3 is 5.97 Å². The molecule has 2 aromatic rings. The quantitative estimate of drug-likeness (QED) is 0.582. The summed E-state index contributed by atoms with van der Waals surface area (Å²) in [5, 5.41) is 2.69. The number of benzene rings is 1. The van der Waals surface area contributed by atoms with Crippen molar-refractivity contribution in [1.29, 1.82) is 0 Å². The molecule has 0 bridgehead atoms. The highest BCUT2D eigenvalue weighted by atomic mass is 16.5. The van der Waals surface area contributed by atoms with E-state index in [-0.39, 0.29) is 11.8 Å². The molecule has 0 aliphatic rings. The van der Waals surface area contributed by atoms with Crippen LogP contribution in [-0.4, -0.2) is 30.0 Å². The summed E-state index contributed by atoms with van der Waals surface area (Å²) < 4.78 is 4.72. The molecule has 1 aromatic carbocycles. The number of ether oxygens (including phenoxy) is 1. The smallest absolute Gasteiger partial charge is 0.328 e. The number of H-pyrrole nitrogens is 1. The average Bonchev–Trinajstić information content (AvgIpc) is 3.02. The van der Waals surface area contributed by atoms with E-state index in [1.54, 1.807) is 18.2 Å². The molecular formula is C17H21N3O3. The molecule has 1 heterocycles. The summed E-state index contributed by atoms with van der Waals surface area (Å²) in [4.78, 5) is 27.1. The minimum absolute atomic E-state index is 0.0714. The molecule has 4 N–H and O–H groups in total. The first-order valence-electron chi connectivity index (χ1n) is 7.36. The van der Waals surface area contributed by atoms with Crippen LogP contribution in [0.15, 0.2) is 36.4 Å². The monoisotopic (exact) mass is 315 g/mol. The van der Waals surface area contributed by atoms with Crippen LogP contribution in [0.2, 0.25) is 0 Å². The molecule has 0 aliphatic heterocycles. The van der Waals surface area contributed by atoms with Gasteiger partial charge in [0, 0.05) is 11.4 Å². The van der Waals surface area contributed by atoms with Gasteiger partial charge in [-0.3, -0.25) is 4.79 Å². The van der Waals surface area contributed by atoms with Gasteiger partial charge in [0.2, 0.25) is 0 Å². The number of carbonyl (C=O) groups excluding carboxylic acids is 2. The van der Waals surface area contributed by atoms with Crippen LogP contribution in [0.3, 0.4) is 0 Å². The molecule has 23 heavy (non-hydrogen) atoms. The summed E-state index contributed by atoms with van der Waals surface area (Å²) in [6, 6.07) is 10.1. The van der Waals surface area contributed by atoms with Gasteiger partial charge in [0.15, 0.2) is 0 Å². The van der Waals surface area contributed by atoms with Crippen LogP contribution in [0.25, 0.3) is 11.3 Å². The number of hydrogen-bond acceptors (Lipinski definition) is 4. The van der Waals surface area contributed by atoms with Crippen LogP contribution in [0.5, 0.6) is 0 Å². The summed E-state index contributed by atoms with van der Waals surface area (Å²) in [7, 11) is 1.30. The van der Waals surface area contributed by atoms with Crippen molar-refractivity contribution >= 4 is 17.6 Å². The molecule has 0 radical (unpaired) electrons. The minimum Gasteiger partial charge on any atom is -0.467 e. The Bertz CT molecular complexity index is 689. The topological polar surface area (TPSA) is 97.2 Å². The van der Waals surface area contributed by atoms with E-state index in [0.717, 1.165) is 11.3 Å². The number of esters is 1. The van der Waals surface area contributed by atoms with Crippen molar-refractivity contribution in [1.82, 2.24) is 10.3 Å². The highest BCUT2D eigenvalue weighted by molar-refractivity contribution is 5.96. The van der Waals surface area contributed by atoms with Crippen LogP contribution in [0, 0.1) is 5.92 Å². The number of carbonyl (C=O) groups is 2. The van der Waals surface area contributed by atoms with Crippen molar-refractivity contribution in [3.63, 3.8) is 0 Å². The maximum absolute atomic E-state index is 12.3. The Balaban J connectivity index is 2.14. The van der Waals surface area contributed by atoms with Crippen LogP contribution < -0.4 is 11.1 Å². The molecule has 1 aromatic heterocycles. The fourth-order valence-corrected chi connectivity index (χ4v) is 2.20. The molecule has 6 nitrogen and oxygen atoms in total. The highest BCUT2D eigenvalue weighted by Gasteiger charge is 2.25. The van der Waals surface area contributed by atoms with Gasteiger partial charge in [-0.1, -0.05) is 26.0 Å². The van der Waals surface area contributed by atoms with E-state index < -0.39 is 12.0 Å². The lowest BCUT2D eigenvalue weighted by atomic mass is 10.0. The van der Waals surface area contributed by atoms with Gasteiger partial charge in [0.1, 0.15) is 11.7 Å². The predicted octanol–water partition coefficient (Wildman–Crippen LogP) is 2.19. The van der Waals surface area contributed by atoms with E-state index in [2.05, 4.69) is 10.3 Å². The molecule has 1 unspecified atom stereocenters. The van der Waals surface area contributed by atoms with Crippen molar-refractivity contribution in [3.05, 3.63) is 42.1 Å². The van der Waals surface area contributed by atoms with Crippen molar-refractivity contribution in [2.75, 3.05) is 12.8 Å². The largest absolute Gasteiger partial charge is 0.467 e. The number of hydrogen-bond donors (Lipinski definition) is 3. The molecule has 0 fully saturated rings. The second-order valence-corrected chi connectivity index (χ2v) is 5.63. The Hall–Kier alpha value is -2.76. The molecule has 0 saturated heterocycles. The number of nitrogens with one attached hydrogen (secondary N) is 2. The first-order valence-corrected chi connectivity index (χ1v) is 7.36. The summed E-state index contributed by atoms with van der Waals surface area (Å²) in [6.45, 7) is 3.69. The molecule has 0 saturated carbocycles. The van der Waals surface area contributed by atoms with E-state index in [0.29, 0.717) is 11.4 Å². The van der Waals surface area contributed by atoms with Gasteiger partial charge in [0.05, 0.1) is 7.11 Å². The minimum atomic E-state index is -0.684. The van der Waals surface area contributed by atoms with Gasteiger partial charge in [-0.15, -0.1) is 0 Å². The summed E-state index contributed by atoms with van der Waals surface area (Å²) in [6.07, 6.45) is 0. The van der Waals surface area contributed by atoms with E-state index in [9.17, 15) is 9.59 Å². The zero-order chi connectivity index (χ0) is 17.0. The number of rotatable bonds is 5. The van der Waals surface area contributed by atoms with E-state index in [4.69, 9.17) is 10.5 Å². The molecule has 1 amide bonds. The lowest BCUT2D eigenvalue weighted by molar-refractivity contribution is -0.144. The number of nitrogens with two attached hydrogens (primary N) is 1. The van der Waals surface area contributed by atoms with Gasteiger partial charge in [0.25, 0.3) is 5.91 Å². The third kappa shape index (κ3) is 3.91. The summed E-state index contributed by atoms with van der Waals surface area (Å²) in [5.41, 5.74) is 8.45. The normalized spacial score (nSPS) is 12.0. The van der Waals surface area contributed by atoms with Crippen molar-refractivity contribution < 1.29 is 14.3 Å². The third-order valence-electron chi connectivity index (χ3n) is 3.56. The second-order valence-electron chi connectivity index (χ2n) is 5.63. The molecule has 1 atom stereocenters. The Morgan fingerprint density at radius 2 is 1.78 bits per heavy atom. The third-order valence-corrected chi connectivity index (χ3v) is 3.56. The summed E-state index contributed by atoms with van der Waals surface area (Å²) in [5.74, 6) is -0.882. The van der Waals surface area contributed by atoms with Crippen molar-refractivity contribution in [2.24, 2.45) is 5.92 Å². The fourth-order valence-electron chi connectivity index (χ4n) is 2.20. The Morgan fingerprint density at radius 3 is 2.35 bits per heavy atom. The van der Waals surface area contributed by atoms with Crippen LogP contribution >= 0.6 is 0 Å². The van der Waals surface area contributed by atoms with Gasteiger partial charge < -0.3 is 20.8 Å².